The number of anilines is 1. The van der Waals surface area contributed by atoms with Gasteiger partial charge in [-0.25, -0.2) is 9.78 Å². The molecule has 1 aliphatic rings. The molecular weight excluding hydrogens is 427 g/mol. The molecule has 1 saturated heterocycles. The predicted octanol–water partition coefficient (Wildman–Crippen LogP) is 3.57. The minimum atomic E-state index is -5.08. The van der Waals surface area contributed by atoms with Crippen LogP contribution in [0, 0.1) is 0 Å². The van der Waals surface area contributed by atoms with Crippen LogP contribution in [0.15, 0.2) is 43.0 Å². The zero-order valence-corrected chi connectivity index (χ0v) is 17.3. The highest BCUT2D eigenvalue weighted by molar-refractivity contribution is 5.73. The van der Waals surface area contributed by atoms with Crippen molar-refractivity contribution in [2.75, 3.05) is 31.2 Å². The van der Waals surface area contributed by atoms with Crippen LogP contribution in [-0.4, -0.2) is 63.5 Å². The summed E-state index contributed by atoms with van der Waals surface area (Å²) in [6.07, 6.45) is 3.34. The zero-order valence-electron chi connectivity index (χ0n) is 17.3. The molecule has 170 valence electrons. The first-order valence-corrected chi connectivity index (χ1v) is 9.86. The number of hydrogen-bond donors (Lipinski definition) is 2. The van der Waals surface area contributed by atoms with E-state index in [1.54, 1.807) is 0 Å². The normalized spacial score (nSPS) is 13.9. The standard InChI is InChI=1S/C19H21N5O.C2HF3O2/c1-2-16-12-22-19(23-16)18-10-14(3-4-21-18)15-9-17(13-20-11-15)24-5-7-25-8-6-24;3-2(4,5)1(6)7/h3-4,9-13H,2,5-8H2,1H3,(H,22,23);(H,6,7). The molecule has 11 heteroatoms. The maximum Gasteiger partial charge on any atom is 0.490 e. The molecular formula is C21H22F3N5O3. The van der Waals surface area contributed by atoms with Crippen LogP contribution in [0.1, 0.15) is 12.6 Å². The molecule has 4 heterocycles. The Labute approximate surface area is 182 Å². The predicted molar refractivity (Wildman–Crippen MR) is 111 cm³/mol. The summed E-state index contributed by atoms with van der Waals surface area (Å²) in [6.45, 7) is 5.44. The smallest absolute Gasteiger partial charge is 0.475 e. The van der Waals surface area contributed by atoms with Crippen molar-refractivity contribution in [3.05, 3.63) is 48.7 Å². The first-order chi connectivity index (χ1) is 15.3. The fourth-order valence-corrected chi connectivity index (χ4v) is 2.99. The summed E-state index contributed by atoms with van der Waals surface area (Å²) in [7, 11) is 0. The van der Waals surface area contributed by atoms with Gasteiger partial charge in [-0.15, -0.1) is 0 Å². The number of carboxylic acids is 1. The highest BCUT2D eigenvalue weighted by atomic mass is 19.4. The zero-order chi connectivity index (χ0) is 23.1. The Hall–Kier alpha value is -3.47. The molecule has 0 bridgehead atoms. The molecule has 1 fully saturated rings. The number of aliphatic carboxylic acids is 1. The van der Waals surface area contributed by atoms with Crippen LogP contribution in [0.3, 0.4) is 0 Å². The van der Waals surface area contributed by atoms with Crippen LogP contribution >= 0.6 is 0 Å². The lowest BCUT2D eigenvalue weighted by Crippen LogP contribution is -2.36. The van der Waals surface area contributed by atoms with E-state index >= 15 is 0 Å². The number of nitrogens with one attached hydrogen (secondary N) is 1. The van der Waals surface area contributed by atoms with Crippen LogP contribution in [-0.2, 0) is 16.0 Å². The van der Waals surface area contributed by atoms with Crippen LogP contribution in [0.4, 0.5) is 18.9 Å². The number of nitrogens with zero attached hydrogens (tertiary/aromatic N) is 4. The van der Waals surface area contributed by atoms with E-state index in [4.69, 9.17) is 14.6 Å². The quantitative estimate of drug-likeness (QED) is 0.628. The summed E-state index contributed by atoms with van der Waals surface area (Å²) in [5.41, 5.74) is 5.24. The summed E-state index contributed by atoms with van der Waals surface area (Å²) in [5.74, 6) is -1.96. The second kappa shape index (κ2) is 10.2. The van der Waals surface area contributed by atoms with E-state index < -0.39 is 12.1 Å². The molecule has 0 radical (unpaired) electrons. The van der Waals surface area contributed by atoms with Crippen LogP contribution in [0.5, 0.6) is 0 Å². The third kappa shape index (κ3) is 6.03. The molecule has 4 rings (SSSR count). The lowest BCUT2D eigenvalue weighted by Gasteiger charge is -2.28. The number of halogens is 3. The molecule has 0 unspecified atom stereocenters. The van der Waals surface area contributed by atoms with E-state index in [2.05, 4.69) is 43.9 Å². The molecule has 1 aliphatic heterocycles. The van der Waals surface area contributed by atoms with Crippen molar-refractivity contribution in [2.45, 2.75) is 19.5 Å². The van der Waals surface area contributed by atoms with Gasteiger partial charge < -0.3 is 19.7 Å². The van der Waals surface area contributed by atoms with Crippen molar-refractivity contribution in [3.8, 4) is 22.6 Å². The fraction of sp³-hybridized carbons (Fsp3) is 0.333. The van der Waals surface area contributed by atoms with Crippen molar-refractivity contribution in [1.29, 1.82) is 0 Å². The molecule has 0 saturated carbocycles. The molecule has 32 heavy (non-hydrogen) atoms. The fourth-order valence-electron chi connectivity index (χ4n) is 2.99. The number of carbonyl (C=O) groups is 1. The van der Waals surface area contributed by atoms with Crippen LogP contribution in [0.2, 0.25) is 0 Å². The highest BCUT2D eigenvalue weighted by Gasteiger charge is 2.38. The van der Waals surface area contributed by atoms with Crippen LogP contribution < -0.4 is 4.90 Å². The third-order valence-corrected chi connectivity index (χ3v) is 4.69. The number of aryl methyl sites for hydroxylation is 1. The number of aromatic nitrogens is 4. The molecule has 0 atom stereocenters. The molecule has 8 nitrogen and oxygen atoms in total. The largest absolute Gasteiger partial charge is 0.490 e. The van der Waals surface area contributed by atoms with Crippen molar-refractivity contribution in [3.63, 3.8) is 0 Å². The van der Waals surface area contributed by atoms with Crippen molar-refractivity contribution < 1.29 is 27.8 Å². The average molecular weight is 449 g/mol. The Morgan fingerprint density at radius 1 is 1.16 bits per heavy atom. The van der Waals surface area contributed by atoms with Gasteiger partial charge in [-0.2, -0.15) is 13.2 Å². The Morgan fingerprint density at radius 3 is 2.50 bits per heavy atom. The summed E-state index contributed by atoms with van der Waals surface area (Å²) < 4.78 is 37.2. The Kier molecular flexibility index (Phi) is 7.41. The Balaban J connectivity index is 0.000000360. The number of alkyl halides is 3. The third-order valence-electron chi connectivity index (χ3n) is 4.69. The van der Waals surface area contributed by atoms with Gasteiger partial charge in [-0.1, -0.05) is 6.92 Å². The van der Waals surface area contributed by atoms with Gasteiger partial charge in [0.15, 0.2) is 5.82 Å². The monoisotopic (exact) mass is 449 g/mol. The Bertz CT molecular complexity index is 1050. The lowest BCUT2D eigenvalue weighted by atomic mass is 10.1. The number of rotatable bonds is 4. The molecule has 0 aromatic carbocycles. The van der Waals surface area contributed by atoms with E-state index in [-0.39, 0.29) is 0 Å². The van der Waals surface area contributed by atoms with Crippen molar-refractivity contribution in [1.82, 2.24) is 19.9 Å². The van der Waals surface area contributed by atoms with E-state index in [0.29, 0.717) is 0 Å². The van der Waals surface area contributed by atoms with Gasteiger partial charge in [0.05, 0.1) is 25.1 Å². The minimum absolute atomic E-state index is 0.766. The summed E-state index contributed by atoms with van der Waals surface area (Å²) in [5, 5.41) is 7.12. The number of imidazole rings is 1. The molecule has 2 N–H and O–H groups in total. The summed E-state index contributed by atoms with van der Waals surface area (Å²) >= 11 is 0. The number of morpholine rings is 1. The number of H-pyrrole nitrogens is 1. The molecule has 0 aliphatic carbocycles. The van der Waals surface area contributed by atoms with Crippen molar-refractivity contribution >= 4 is 11.7 Å². The molecule has 3 aromatic heterocycles. The SMILES string of the molecule is CCc1cnc(-c2cc(-c3cncc(N4CCOCC4)c3)ccn2)[nH]1.O=C(O)C(F)(F)F. The second-order valence-electron chi connectivity index (χ2n) is 6.87. The van der Waals surface area contributed by atoms with Gasteiger partial charge in [0.2, 0.25) is 0 Å². The van der Waals surface area contributed by atoms with Crippen molar-refractivity contribution in [2.24, 2.45) is 0 Å². The highest BCUT2D eigenvalue weighted by Crippen LogP contribution is 2.26. The molecule has 0 spiro atoms. The van der Waals surface area contributed by atoms with Crippen LogP contribution in [0.25, 0.3) is 22.6 Å². The average Bonchev–Trinajstić information content (AvgIpc) is 3.29. The first-order valence-electron chi connectivity index (χ1n) is 9.86. The number of pyridine rings is 2. The van der Waals surface area contributed by atoms with E-state index in [1.165, 1.54) is 0 Å². The molecule has 0 amide bonds. The number of hydrogen-bond acceptors (Lipinski definition) is 6. The van der Waals surface area contributed by atoms with Gasteiger partial charge in [0, 0.05) is 42.9 Å². The van der Waals surface area contributed by atoms with Gasteiger partial charge in [0.25, 0.3) is 0 Å². The summed E-state index contributed by atoms with van der Waals surface area (Å²) in [4.78, 5) is 27.8. The maximum atomic E-state index is 10.6. The molecule has 3 aromatic rings. The van der Waals surface area contributed by atoms with E-state index in [0.717, 1.165) is 66.8 Å². The lowest BCUT2D eigenvalue weighted by molar-refractivity contribution is -0.192. The second-order valence-corrected chi connectivity index (χ2v) is 6.87. The number of ether oxygens (including phenoxy) is 1. The minimum Gasteiger partial charge on any atom is -0.475 e. The van der Waals surface area contributed by atoms with E-state index in [1.807, 2.05) is 30.9 Å². The number of aromatic amines is 1. The summed E-state index contributed by atoms with van der Waals surface area (Å²) in [6, 6.07) is 6.24. The maximum absolute atomic E-state index is 10.6. The topological polar surface area (TPSA) is 104 Å². The van der Waals surface area contributed by atoms with Gasteiger partial charge in [0.1, 0.15) is 5.69 Å². The number of carboxylic acid groups (broad SMARTS) is 1. The van der Waals surface area contributed by atoms with Gasteiger partial charge in [-0.05, 0) is 30.2 Å². The van der Waals surface area contributed by atoms with Gasteiger partial charge in [-0.3, -0.25) is 9.97 Å². The van der Waals surface area contributed by atoms with Gasteiger partial charge >= 0.3 is 12.1 Å². The Morgan fingerprint density at radius 2 is 1.88 bits per heavy atom. The van der Waals surface area contributed by atoms with E-state index in [9.17, 15) is 13.2 Å². The first kappa shape index (κ1) is 23.2.